The number of ether oxygens (including phenoxy) is 3. The van der Waals surface area contributed by atoms with Crippen LogP contribution in [-0.2, 0) is 9.47 Å². The highest BCUT2D eigenvalue weighted by molar-refractivity contribution is 5.73. The van der Waals surface area contributed by atoms with E-state index in [4.69, 9.17) is 14.2 Å². The van der Waals surface area contributed by atoms with Gasteiger partial charge in [0.2, 0.25) is 5.88 Å². The summed E-state index contributed by atoms with van der Waals surface area (Å²) in [6.07, 6.45) is 2.39. The predicted molar refractivity (Wildman–Crippen MR) is 120 cm³/mol. The Balaban J connectivity index is 0.00000155. The lowest BCUT2D eigenvalue weighted by Crippen LogP contribution is -2.36. The summed E-state index contributed by atoms with van der Waals surface area (Å²) in [4.78, 5) is 6.62. The van der Waals surface area contributed by atoms with Gasteiger partial charge in [0.05, 0.1) is 13.2 Å². The normalized spacial score (nSPS) is 13.8. The monoisotopic (exact) mass is 411 g/mol. The number of benzene rings is 1. The summed E-state index contributed by atoms with van der Waals surface area (Å²) in [7, 11) is 1.66. The molecule has 2 aromatic rings. The van der Waals surface area contributed by atoms with Crippen LogP contribution in [0.3, 0.4) is 0 Å². The molecular formula is C24H33N3O3. The van der Waals surface area contributed by atoms with Crippen LogP contribution >= 0.6 is 0 Å². The van der Waals surface area contributed by atoms with Crippen molar-refractivity contribution in [2.75, 3.05) is 44.9 Å². The van der Waals surface area contributed by atoms with Gasteiger partial charge in [0.15, 0.2) is 0 Å². The van der Waals surface area contributed by atoms with Crippen LogP contribution in [0.25, 0.3) is 11.1 Å². The van der Waals surface area contributed by atoms with Gasteiger partial charge in [-0.3, -0.25) is 0 Å². The molecule has 1 fully saturated rings. The third-order valence-corrected chi connectivity index (χ3v) is 4.86. The standard InChI is InChI=1S/C22H27N3O3.C2H6/c1-22(2,9-13-26-3)28-21-20(16-23)19(8-10-24-21)17-4-6-18(7-5-17)25-11-14-27-15-12-25;1-2/h4-8,10H,9,11-15H2,1-3H3;1-2H3. The van der Waals surface area contributed by atoms with Crippen LogP contribution < -0.4 is 9.64 Å². The summed E-state index contributed by atoms with van der Waals surface area (Å²) >= 11 is 0. The van der Waals surface area contributed by atoms with E-state index in [1.54, 1.807) is 13.3 Å². The van der Waals surface area contributed by atoms with Crippen molar-refractivity contribution in [1.82, 2.24) is 4.98 Å². The molecule has 1 aliphatic heterocycles. The van der Waals surface area contributed by atoms with Crippen molar-refractivity contribution in [2.45, 2.75) is 39.7 Å². The molecule has 0 unspecified atom stereocenters. The number of nitrogens with zero attached hydrogens (tertiary/aromatic N) is 3. The highest BCUT2D eigenvalue weighted by Crippen LogP contribution is 2.32. The van der Waals surface area contributed by atoms with Crippen molar-refractivity contribution in [2.24, 2.45) is 0 Å². The summed E-state index contributed by atoms with van der Waals surface area (Å²) in [6, 6.07) is 12.4. The Labute approximate surface area is 180 Å². The molecule has 0 saturated carbocycles. The Hall–Kier alpha value is -2.62. The van der Waals surface area contributed by atoms with Crippen molar-refractivity contribution < 1.29 is 14.2 Å². The minimum atomic E-state index is -0.479. The third-order valence-electron chi connectivity index (χ3n) is 4.86. The molecule has 162 valence electrons. The Bertz CT molecular complexity index is 823. The molecule has 0 aliphatic carbocycles. The van der Waals surface area contributed by atoms with Crippen LogP contribution in [0.15, 0.2) is 36.5 Å². The smallest absolute Gasteiger partial charge is 0.232 e. The molecule has 0 radical (unpaired) electrons. The van der Waals surface area contributed by atoms with Gasteiger partial charge < -0.3 is 19.1 Å². The molecule has 2 heterocycles. The number of pyridine rings is 1. The minimum Gasteiger partial charge on any atom is -0.471 e. The summed E-state index contributed by atoms with van der Waals surface area (Å²) in [5.41, 5.74) is 2.93. The summed E-state index contributed by atoms with van der Waals surface area (Å²) in [5.74, 6) is 0.360. The SMILES string of the molecule is CC.COCCC(C)(C)Oc1nccc(-c2ccc(N3CCOCC3)cc2)c1C#N. The van der Waals surface area contributed by atoms with Crippen LogP contribution in [-0.4, -0.2) is 50.6 Å². The first-order valence-corrected chi connectivity index (χ1v) is 10.5. The first-order valence-electron chi connectivity index (χ1n) is 10.5. The van der Waals surface area contributed by atoms with E-state index in [2.05, 4.69) is 28.1 Å². The van der Waals surface area contributed by atoms with Crippen molar-refractivity contribution in [3.8, 4) is 23.1 Å². The molecule has 1 saturated heterocycles. The first kappa shape index (κ1) is 23.7. The van der Waals surface area contributed by atoms with E-state index in [1.165, 1.54) is 0 Å². The Morgan fingerprint density at radius 1 is 1.13 bits per heavy atom. The fraction of sp³-hybridized carbons (Fsp3) is 0.500. The zero-order valence-electron chi connectivity index (χ0n) is 18.8. The molecule has 0 bridgehead atoms. The molecule has 6 heteroatoms. The lowest BCUT2D eigenvalue weighted by Gasteiger charge is -2.29. The van der Waals surface area contributed by atoms with Gasteiger partial charge in [-0.15, -0.1) is 0 Å². The fourth-order valence-electron chi connectivity index (χ4n) is 3.20. The van der Waals surface area contributed by atoms with Gasteiger partial charge in [-0.2, -0.15) is 5.26 Å². The number of hydrogen-bond acceptors (Lipinski definition) is 6. The fourth-order valence-corrected chi connectivity index (χ4v) is 3.20. The highest BCUT2D eigenvalue weighted by Gasteiger charge is 2.23. The van der Waals surface area contributed by atoms with Gasteiger partial charge >= 0.3 is 0 Å². The molecule has 3 rings (SSSR count). The number of nitriles is 1. The lowest BCUT2D eigenvalue weighted by molar-refractivity contribution is 0.0588. The van der Waals surface area contributed by atoms with E-state index in [0.29, 0.717) is 24.5 Å². The number of anilines is 1. The number of rotatable bonds is 7. The van der Waals surface area contributed by atoms with Gasteiger partial charge in [0, 0.05) is 50.7 Å². The number of methoxy groups -OCH3 is 1. The van der Waals surface area contributed by atoms with Crippen molar-refractivity contribution in [3.05, 3.63) is 42.1 Å². The van der Waals surface area contributed by atoms with E-state index >= 15 is 0 Å². The molecule has 0 N–H and O–H groups in total. The van der Waals surface area contributed by atoms with Gasteiger partial charge in [-0.25, -0.2) is 4.98 Å². The number of morpholine rings is 1. The van der Waals surface area contributed by atoms with Crippen LogP contribution in [0.1, 0.15) is 39.7 Å². The third kappa shape index (κ3) is 6.19. The van der Waals surface area contributed by atoms with Gasteiger partial charge in [-0.05, 0) is 37.6 Å². The number of aromatic nitrogens is 1. The quantitative estimate of drug-likeness (QED) is 0.659. The summed E-state index contributed by atoms with van der Waals surface area (Å²) in [6.45, 7) is 11.8. The predicted octanol–water partition coefficient (Wildman–Crippen LogP) is 4.68. The van der Waals surface area contributed by atoms with Gasteiger partial charge in [0.25, 0.3) is 0 Å². The van der Waals surface area contributed by atoms with E-state index in [1.807, 2.05) is 45.9 Å². The molecule has 1 aliphatic rings. The van der Waals surface area contributed by atoms with Crippen molar-refractivity contribution in [1.29, 1.82) is 5.26 Å². The first-order chi connectivity index (χ1) is 14.5. The zero-order chi connectivity index (χ0) is 22.0. The largest absolute Gasteiger partial charge is 0.471 e. The molecule has 0 amide bonds. The summed E-state index contributed by atoms with van der Waals surface area (Å²) < 4.78 is 16.6. The van der Waals surface area contributed by atoms with Gasteiger partial charge in [-0.1, -0.05) is 26.0 Å². The molecular weight excluding hydrogens is 378 g/mol. The molecule has 6 nitrogen and oxygen atoms in total. The minimum absolute atomic E-state index is 0.360. The summed E-state index contributed by atoms with van der Waals surface area (Å²) in [5, 5.41) is 9.78. The highest BCUT2D eigenvalue weighted by atomic mass is 16.5. The van der Waals surface area contributed by atoms with Crippen LogP contribution in [0.4, 0.5) is 5.69 Å². The van der Waals surface area contributed by atoms with E-state index < -0.39 is 5.60 Å². The van der Waals surface area contributed by atoms with E-state index in [0.717, 1.165) is 43.1 Å². The second kappa shape index (κ2) is 11.5. The maximum atomic E-state index is 9.78. The average Bonchev–Trinajstić information content (AvgIpc) is 2.79. The van der Waals surface area contributed by atoms with E-state index in [-0.39, 0.29) is 0 Å². The second-order valence-corrected chi connectivity index (χ2v) is 7.40. The average molecular weight is 412 g/mol. The zero-order valence-corrected chi connectivity index (χ0v) is 18.8. The van der Waals surface area contributed by atoms with Crippen LogP contribution in [0.2, 0.25) is 0 Å². The molecule has 0 spiro atoms. The second-order valence-electron chi connectivity index (χ2n) is 7.40. The van der Waals surface area contributed by atoms with Crippen LogP contribution in [0, 0.1) is 11.3 Å². The molecule has 1 aromatic carbocycles. The Morgan fingerprint density at radius 3 is 2.40 bits per heavy atom. The maximum absolute atomic E-state index is 9.78. The number of hydrogen-bond donors (Lipinski definition) is 0. The van der Waals surface area contributed by atoms with Crippen molar-refractivity contribution in [3.63, 3.8) is 0 Å². The Kier molecular flexibility index (Phi) is 9.10. The Morgan fingerprint density at radius 2 is 1.80 bits per heavy atom. The van der Waals surface area contributed by atoms with Crippen molar-refractivity contribution >= 4 is 5.69 Å². The molecule has 30 heavy (non-hydrogen) atoms. The van der Waals surface area contributed by atoms with Gasteiger partial charge in [0.1, 0.15) is 17.2 Å². The molecule has 0 atom stereocenters. The topological polar surface area (TPSA) is 67.6 Å². The lowest BCUT2D eigenvalue weighted by atomic mass is 10.0. The maximum Gasteiger partial charge on any atom is 0.232 e. The van der Waals surface area contributed by atoms with Crippen LogP contribution in [0.5, 0.6) is 5.88 Å². The van der Waals surface area contributed by atoms with E-state index in [9.17, 15) is 5.26 Å². The molecule has 1 aromatic heterocycles.